The van der Waals surface area contributed by atoms with E-state index in [1.807, 2.05) is 30.3 Å². The Morgan fingerprint density at radius 3 is 2.28 bits per heavy atom. The maximum Gasteiger partial charge on any atom is 0.185 e. The number of phenolic OH excluding ortho intramolecular Hbond substituents is 1. The van der Waals surface area contributed by atoms with Gasteiger partial charge < -0.3 is 39.7 Å². The Bertz CT molecular complexity index is 835. The number of aromatic hydroxyl groups is 1. The van der Waals surface area contributed by atoms with Crippen molar-refractivity contribution in [3.63, 3.8) is 0 Å². The Morgan fingerprint density at radius 1 is 0.931 bits per heavy atom. The molecule has 1 aliphatic rings. The van der Waals surface area contributed by atoms with E-state index in [2.05, 4.69) is 0 Å². The highest BCUT2D eigenvalue weighted by atomic mass is 16.6. The monoisotopic (exact) mass is 404 g/mol. The van der Waals surface area contributed by atoms with Gasteiger partial charge in [-0.1, -0.05) is 24.3 Å². The van der Waals surface area contributed by atoms with Crippen LogP contribution in [0.4, 0.5) is 0 Å². The molecule has 0 saturated carbocycles. The molecule has 0 aliphatic carbocycles. The molecule has 8 nitrogen and oxygen atoms in total. The van der Waals surface area contributed by atoms with Gasteiger partial charge in [-0.15, -0.1) is 0 Å². The summed E-state index contributed by atoms with van der Waals surface area (Å²) in [4.78, 5) is 0. The summed E-state index contributed by atoms with van der Waals surface area (Å²) in [5.74, 6) is 0.840. The fourth-order valence-electron chi connectivity index (χ4n) is 3.04. The molecule has 1 aliphatic heterocycles. The van der Waals surface area contributed by atoms with Crippen molar-refractivity contribution in [1.29, 1.82) is 0 Å². The normalized spacial score (nSPS) is 27.1. The number of phenols is 1. The quantitative estimate of drug-likeness (QED) is 0.446. The first-order chi connectivity index (χ1) is 13.9. The summed E-state index contributed by atoms with van der Waals surface area (Å²) in [6.07, 6.45) is -3.29. The van der Waals surface area contributed by atoms with E-state index in [4.69, 9.17) is 14.2 Å². The maximum absolute atomic E-state index is 10.2. The third kappa shape index (κ3) is 5.06. The highest BCUT2D eigenvalue weighted by Crippen LogP contribution is 2.28. The van der Waals surface area contributed by atoms with E-state index in [0.717, 1.165) is 11.3 Å². The van der Waals surface area contributed by atoms with Crippen molar-refractivity contribution < 1.29 is 39.7 Å². The van der Waals surface area contributed by atoms with Crippen LogP contribution >= 0.6 is 0 Å². The molecule has 0 radical (unpaired) electrons. The average molecular weight is 404 g/mol. The van der Waals surface area contributed by atoms with Gasteiger partial charge in [-0.3, -0.25) is 0 Å². The molecular weight excluding hydrogens is 380 g/mol. The summed E-state index contributed by atoms with van der Waals surface area (Å²) >= 11 is 0. The number of hydrogen-bond donors (Lipinski definition) is 5. The first-order valence-electron chi connectivity index (χ1n) is 9.04. The minimum atomic E-state index is -1.62. The second kappa shape index (κ2) is 9.25. The summed E-state index contributed by atoms with van der Waals surface area (Å²) in [6, 6.07) is 11.9. The topological polar surface area (TPSA) is 129 Å². The van der Waals surface area contributed by atoms with Gasteiger partial charge >= 0.3 is 0 Å². The Hall–Kier alpha value is -2.62. The average Bonchev–Trinajstić information content (AvgIpc) is 2.72. The molecule has 29 heavy (non-hydrogen) atoms. The lowest BCUT2D eigenvalue weighted by molar-refractivity contribution is -0.281. The van der Waals surface area contributed by atoms with Crippen LogP contribution in [0.2, 0.25) is 0 Å². The highest BCUT2D eigenvalue weighted by Gasteiger charge is 2.45. The fourth-order valence-corrected chi connectivity index (χ4v) is 3.04. The van der Waals surface area contributed by atoms with Crippen molar-refractivity contribution in [3.8, 4) is 17.2 Å². The molecule has 1 saturated heterocycles. The lowest BCUT2D eigenvalue weighted by Gasteiger charge is -2.40. The van der Waals surface area contributed by atoms with E-state index in [9.17, 15) is 25.5 Å². The van der Waals surface area contributed by atoms with Gasteiger partial charge in [0.25, 0.3) is 0 Å². The lowest BCUT2D eigenvalue weighted by atomic mass is 9.99. The van der Waals surface area contributed by atoms with Crippen LogP contribution in [0.1, 0.15) is 11.1 Å². The summed E-state index contributed by atoms with van der Waals surface area (Å²) in [5.41, 5.74) is 1.53. The summed E-state index contributed by atoms with van der Waals surface area (Å²) in [7, 11) is 1.59. The van der Waals surface area contributed by atoms with E-state index >= 15 is 0 Å². The van der Waals surface area contributed by atoms with Crippen molar-refractivity contribution in [2.75, 3.05) is 13.7 Å². The van der Waals surface area contributed by atoms with E-state index in [1.54, 1.807) is 19.3 Å². The molecule has 1 heterocycles. The summed E-state index contributed by atoms with van der Waals surface area (Å²) in [5, 5.41) is 49.3. The van der Waals surface area contributed by atoms with Crippen LogP contribution in [0.5, 0.6) is 17.2 Å². The van der Waals surface area contributed by atoms with Crippen LogP contribution in [0.25, 0.3) is 12.2 Å². The largest absolute Gasteiger partial charge is 0.508 e. The van der Waals surface area contributed by atoms with Gasteiger partial charge in [0.2, 0.25) is 0 Å². The molecule has 1 fully saturated rings. The zero-order chi connectivity index (χ0) is 21.0. The molecule has 2 aromatic carbocycles. The molecule has 3 rings (SSSR count). The number of benzene rings is 2. The first-order valence-corrected chi connectivity index (χ1v) is 9.04. The van der Waals surface area contributed by atoms with Gasteiger partial charge in [0.05, 0.1) is 13.7 Å². The maximum atomic E-state index is 10.2. The molecule has 0 bridgehead atoms. The molecule has 8 heteroatoms. The zero-order valence-electron chi connectivity index (χ0n) is 15.8. The fraction of sp³-hybridized carbons (Fsp3) is 0.333. The van der Waals surface area contributed by atoms with Gasteiger partial charge in [0.15, 0.2) is 12.4 Å². The van der Waals surface area contributed by atoms with E-state index in [0.29, 0.717) is 5.56 Å². The van der Waals surface area contributed by atoms with Gasteiger partial charge in [-0.2, -0.15) is 0 Å². The van der Waals surface area contributed by atoms with Crippen LogP contribution in [0.3, 0.4) is 0 Å². The predicted octanol–water partition coefficient (Wildman–Crippen LogP) is 0.750. The van der Waals surface area contributed by atoms with Crippen molar-refractivity contribution in [3.05, 3.63) is 53.6 Å². The molecule has 0 amide bonds. The smallest absolute Gasteiger partial charge is 0.185 e. The summed E-state index contributed by atoms with van der Waals surface area (Å²) < 4.78 is 15.7. The van der Waals surface area contributed by atoms with E-state index in [-0.39, 0.29) is 11.5 Å². The molecule has 2 aromatic rings. The van der Waals surface area contributed by atoms with Crippen molar-refractivity contribution >= 4 is 12.2 Å². The van der Waals surface area contributed by atoms with Gasteiger partial charge in [-0.05, 0) is 35.4 Å². The minimum Gasteiger partial charge on any atom is -0.508 e. The molecule has 5 N–H and O–H groups in total. The van der Waals surface area contributed by atoms with Crippen LogP contribution in [-0.2, 0) is 4.74 Å². The Balaban J connectivity index is 1.78. The second-order valence-corrected chi connectivity index (χ2v) is 6.68. The van der Waals surface area contributed by atoms with Crippen molar-refractivity contribution in [2.24, 2.45) is 0 Å². The number of hydrogen-bond acceptors (Lipinski definition) is 8. The van der Waals surface area contributed by atoms with Gasteiger partial charge in [0.1, 0.15) is 35.6 Å². The zero-order valence-corrected chi connectivity index (χ0v) is 15.8. The summed E-state index contributed by atoms with van der Waals surface area (Å²) in [6.45, 7) is -0.555. The molecular formula is C21H24O8. The third-order valence-corrected chi connectivity index (χ3v) is 4.61. The number of methoxy groups -OCH3 is 1. The molecule has 0 unspecified atom stereocenters. The molecule has 0 spiro atoms. The Kier molecular flexibility index (Phi) is 6.73. The van der Waals surface area contributed by atoms with Crippen LogP contribution in [0, 0.1) is 0 Å². The van der Waals surface area contributed by atoms with Crippen molar-refractivity contribution in [1.82, 2.24) is 0 Å². The van der Waals surface area contributed by atoms with Gasteiger partial charge in [0, 0.05) is 6.07 Å². The molecule has 0 aromatic heterocycles. The van der Waals surface area contributed by atoms with E-state index < -0.39 is 37.3 Å². The first kappa shape index (κ1) is 21.1. The van der Waals surface area contributed by atoms with Crippen molar-refractivity contribution in [2.45, 2.75) is 30.7 Å². The van der Waals surface area contributed by atoms with Crippen LogP contribution in [0.15, 0.2) is 42.5 Å². The lowest BCUT2D eigenvalue weighted by Crippen LogP contribution is -2.60. The van der Waals surface area contributed by atoms with Crippen LogP contribution < -0.4 is 9.47 Å². The minimum absolute atomic E-state index is 0.0767. The number of aliphatic hydroxyl groups is 4. The molecule has 5 atom stereocenters. The second-order valence-electron chi connectivity index (χ2n) is 6.68. The number of aliphatic hydroxyl groups excluding tert-OH is 4. The SMILES string of the molecule is COc1ccc(/C=C/c2cc(O)cc(O[C@@H]3[C@@H](O)[C@H](O)O[C@H](CO)[C@H]3O)c2)cc1. The van der Waals surface area contributed by atoms with Crippen LogP contribution in [-0.4, -0.2) is 70.0 Å². The number of ether oxygens (including phenoxy) is 3. The molecule has 156 valence electrons. The Labute approximate surface area is 167 Å². The van der Waals surface area contributed by atoms with Gasteiger partial charge in [-0.25, -0.2) is 0 Å². The third-order valence-electron chi connectivity index (χ3n) is 4.61. The standard InChI is InChI=1S/C21H24O8/c1-27-15-6-4-12(5-7-15)2-3-13-8-14(23)10-16(9-13)28-20-18(24)17(11-22)29-21(26)19(20)25/h2-10,17-26H,11H2,1H3/b3-2+/t17-,18-,19-,20+,21-/m1/s1. The van der Waals surface area contributed by atoms with E-state index in [1.165, 1.54) is 12.1 Å². The number of rotatable bonds is 6. The highest BCUT2D eigenvalue weighted by molar-refractivity contribution is 5.71. The predicted molar refractivity (Wildman–Crippen MR) is 104 cm³/mol. The Morgan fingerprint density at radius 2 is 1.62 bits per heavy atom.